The number of hydrogen-bond donors (Lipinski definition) is 2. The van der Waals surface area contributed by atoms with E-state index >= 15 is 0 Å². The van der Waals surface area contributed by atoms with E-state index < -0.39 is 0 Å². The summed E-state index contributed by atoms with van der Waals surface area (Å²) in [6, 6.07) is 8.58. The molecule has 1 atom stereocenters. The number of aryl methyl sites for hydroxylation is 1. The van der Waals surface area contributed by atoms with Gasteiger partial charge in [-0.3, -0.25) is 9.48 Å². The Morgan fingerprint density at radius 1 is 1.43 bits per heavy atom. The molecule has 0 bridgehead atoms. The van der Waals surface area contributed by atoms with Gasteiger partial charge < -0.3 is 10.6 Å². The summed E-state index contributed by atoms with van der Waals surface area (Å²) in [4.78, 5) is 12.0. The summed E-state index contributed by atoms with van der Waals surface area (Å²) in [5, 5.41) is 11.1. The van der Waals surface area contributed by atoms with Gasteiger partial charge in [0.05, 0.1) is 11.2 Å². The molecular formula is C16H20Cl2N4O. The Morgan fingerprint density at radius 2 is 2.26 bits per heavy atom. The van der Waals surface area contributed by atoms with E-state index in [0.29, 0.717) is 24.5 Å². The van der Waals surface area contributed by atoms with Crippen LogP contribution in [0.25, 0.3) is 0 Å². The molecule has 1 unspecified atom stereocenters. The van der Waals surface area contributed by atoms with Crippen LogP contribution in [-0.2, 0) is 17.8 Å². The number of nitrogens with zero attached hydrogens (tertiary/aromatic N) is 2. The lowest BCUT2D eigenvalue weighted by atomic mass is 9.94. The molecule has 5 nitrogen and oxygen atoms in total. The minimum absolute atomic E-state index is 0. The predicted molar refractivity (Wildman–Crippen MR) is 93.0 cm³/mol. The molecule has 23 heavy (non-hydrogen) atoms. The topological polar surface area (TPSA) is 59.0 Å². The highest BCUT2D eigenvalue weighted by Crippen LogP contribution is 2.21. The van der Waals surface area contributed by atoms with Crippen molar-refractivity contribution in [1.29, 1.82) is 0 Å². The van der Waals surface area contributed by atoms with Crippen molar-refractivity contribution < 1.29 is 4.79 Å². The molecule has 1 aliphatic heterocycles. The van der Waals surface area contributed by atoms with Gasteiger partial charge >= 0.3 is 0 Å². The smallest absolute Gasteiger partial charge is 0.221 e. The summed E-state index contributed by atoms with van der Waals surface area (Å²) in [7, 11) is 0. The maximum absolute atomic E-state index is 12.0. The fourth-order valence-corrected chi connectivity index (χ4v) is 2.91. The van der Waals surface area contributed by atoms with Gasteiger partial charge in [-0.25, -0.2) is 0 Å². The van der Waals surface area contributed by atoms with Gasteiger partial charge in [-0.05, 0) is 24.1 Å². The van der Waals surface area contributed by atoms with Gasteiger partial charge in [0, 0.05) is 31.7 Å². The monoisotopic (exact) mass is 354 g/mol. The number of aromatic nitrogens is 2. The number of amides is 1. The molecule has 1 amide bonds. The molecule has 1 aromatic carbocycles. The van der Waals surface area contributed by atoms with Gasteiger partial charge in [0.15, 0.2) is 0 Å². The average Bonchev–Trinajstić information content (AvgIpc) is 2.96. The van der Waals surface area contributed by atoms with Crippen LogP contribution in [0.4, 0.5) is 0 Å². The largest absolute Gasteiger partial charge is 0.354 e. The lowest BCUT2D eigenvalue weighted by Gasteiger charge is -2.27. The molecule has 0 fully saturated rings. The molecule has 2 heterocycles. The van der Waals surface area contributed by atoms with E-state index in [2.05, 4.69) is 33.9 Å². The molecule has 7 heteroatoms. The summed E-state index contributed by atoms with van der Waals surface area (Å²) >= 11 is 5.79. The normalized spacial score (nSPS) is 16.3. The van der Waals surface area contributed by atoms with Gasteiger partial charge in [0.1, 0.15) is 0 Å². The van der Waals surface area contributed by atoms with Crippen molar-refractivity contribution in [3.05, 3.63) is 52.8 Å². The van der Waals surface area contributed by atoms with Crippen LogP contribution in [0.2, 0.25) is 5.02 Å². The summed E-state index contributed by atoms with van der Waals surface area (Å²) in [5.74, 6) is 0.0245. The molecule has 1 aromatic heterocycles. The standard InChI is InChI=1S/C16H19ClN4O.ClH/c17-13-9-20-21(11-13)8-6-16(22)19-10-15-14-4-2-1-3-12(14)5-7-18-15;/h1-4,9,11,15,18H,5-8,10H2,(H,19,22);1H. The van der Waals surface area contributed by atoms with E-state index in [4.69, 9.17) is 11.6 Å². The number of halogens is 2. The lowest BCUT2D eigenvalue weighted by Crippen LogP contribution is -2.39. The first-order valence-corrected chi connectivity index (χ1v) is 7.86. The van der Waals surface area contributed by atoms with Crippen LogP contribution >= 0.6 is 24.0 Å². The van der Waals surface area contributed by atoms with Crippen molar-refractivity contribution in [2.24, 2.45) is 0 Å². The first kappa shape index (κ1) is 17.8. The predicted octanol–water partition coefficient (Wildman–Crippen LogP) is 2.35. The molecule has 0 saturated carbocycles. The molecule has 3 rings (SSSR count). The van der Waals surface area contributed by atoms with Gasteiger partial charge in [-0.15, -0.1) is 12.4 Å². The first-order valence-electron chi connectivity index (χ1n) is 7.48. The van der Waals surface area contributed by atoms with Crippen molar-refractivity contribution in [2.45, 2.75) is 25.4 Å². The van der Waals surface area contributed by atoms with Crippen LogP contribution in [-0.4, -0.2) is 28.8 Å². The molecule has 0 saturated heterocycles. The SMILES string of the molecule is Cl.O=C(CCn1cc(Cl)cn1)NCC1NCCc2ccccc21. The van der Waals surface area contributed by atoms with E-state index in [1.807, 2.05) is 6.07 Å². The van der Waals surface area contributed by atoms with Crippen molar-refractivity contribution in [2.75, 3.05) is 13.1 Å². The Hall–Kier alpha value is -1.56. The van der Waals surface area contributed by atoms with Crippen LogP contribution in [0.3, 0.4) is 0 Å². The van der Waals surface area contributed by atoms with Crippen LogP contribution in [0.5, 0.6) is 0 Å². The molecule has 124 valence electrons. The van der Waals surface area contributed by atoms with E-state index in [1.54, 1.807) is 17.1 Å². The number of nitrogens with one attached hydrogen (secondary N) is 2. The third-order valence-electron chi connectivity index (χ3n) is 3.89. The van der Waals surface area contributed by atoms with E-state index in [-0.39, 0.29) is 24.4 Å². The number of carbonyl (C=O) groups excluding carboxylic acids is 1. The van der Waals surface area contributed by atoms with Crippen LogP contribution in [0.15, 0.2) is 36.7 Å². The van der Waals surface area contributed by atoms with Crippen LogP contribution < -0.4 is 10.6 Å². The molecule has 0 spiro atoms. The van der Waals surface area contributed by atoms with Gasteiger partial charge in [0.25, 0.3) is 0 Å². The molecule has 1 aliphatic rings. The van der Waals surface area contributed by atoms with Gasteiger partial charge in [0.2, 0.25) is 5.91 Å². The van der Waals surface area contributed by atoms with Crippen molar-refractivity contribution in [3.8, 4) is 0 Å². The molecule has 0 aliphatic carbocycles. The summed E-state index contributed by atoms with van der Waals surface area (Å²) < 4.78 is 1.68. The summed E-state index contributed by atoms with van der Waals surface area (Å²) in [6.45, 7) is 2.09. The molecule has 2 aromatic rings. The van der Waals surface area contributed by atoms with E-state index in [9.17, 15) is 4.79 Å². The lowest BCUT2D eigenvalue weighted by molar-refractivity contribution is -0.121. The summed E-state index contributed by atoms with van der Waals surface area (Å²) in [6.07, 6.45) is 4.73. The Bertz CT molecular complexity index is 659. The number of benzene rings is 1. The molecule has 2 N–H and O–H groups in total. The van der Waals surface area contributed by atoms with Gasteiger partial charge in [-0.1, -0.05) is 35.9 Å². The van der Waals surface area contributed by atoms with E-state index in [1.165, 1.54) is 11.1 Å². The highest BCUT2D eigenvalue weighted by molar-refractivity contribution is 6.30. The minimum atomic E-state index is 0. The highest BCUT2D eigenvalue weighted by atomic mass is 35.5. The minimum Gasteiger partial charge on any atom is -0.354 e. The number of rotatable bonds is 5. The second kappa shape index (κ2) is 8.34. The third kappa shape index (κ3) is 4.70. The second-order valence-electron chi connectivity index (χ2n) is 5.43. The zero-order chi connectivity index (χ0) is 15.4. The van der Waals surface area contributed by atoms with Crippen LogP contribution in [0, 0.1) is 0 Å². The Morgan fingerprint density at radius 3 is 3.04 bits per heavy atom. The third-order valence-corrected chi connectivity index (χ3v) is 4.08. The quantitative estimate of drug-likeness (QED) is 0.866. The zero-order valence-electron chi connectivity index (χ0n) is 12.7. The number of fused-ring (bicyclic) bond motifs is 1. The molecular weight excluding hydrogens is 335 g/mol. The first-order chi connectivity index (χ1) is 10.7. The Kier molecular flexibility index (Phi) is 6.45. The number of carbonyl (C=O) groups is 1. The van der Waals surface area contributed by atoms with Crippen molar-refractivity contribution in [1.82, 2.24) is 20.4 Å². The van der Waals surface area contributed by atoms with Crippen LogP contribution in [0.1, 0.15) is 23.6 Å². The average molecular weight is 355 g/mol. The van der Waals surface area contributed by atoms with Gasteiger partial charge in [-0.2, -0.15) is 5.10 Å². The van der Waals surface area contributed by atoms with E-state index in [0.717, 1.165) is 13.0 Å². The maximum atomic E-state index is 12.0. The van der Waals surface area contributed by atoms with Crippen molar-refractivity contribution >= 4 is 29.9 Å². The fraction of sp³-hybridized carbons (Fsp3) is 0.375. The Balaban J connectivity index is 0.00000192. The second-order valence-corrected chi connectivity index (χ2v) is 5.87. The number of hydrogen-bond acceptors (Lipinski definition) is 3. The fourth-order valence-electron chi connectivity index (χ4n) is 2.76. The summed E-state index contributed by atoms with van der Waals surface area (Å²) in [5.41, 5.74) is 2.65. The van der Waals surface area contributed by atoms with Crippen molar-refractivity contribution in [3.63, 3.8) is 0 Å². The molecule has 0 radical (unpaired) electrons. The maximum Gasteiger partial charge on any atom is 0.221 e. The Labute approximate surface area is 146 Å². The highest BCUT2D eigenvalue weighted by Gasteiger charge is 2.19. The zero-order valence-corrected chi connectivity index (χ0v) is 14.2.